The highest BCUT2D eigenvalue weighted by atomic mass is 35.5. The number of aryl methyl sites for hydroxylation is 1. The summed E-state index contributed by atoms with van der Waals surface area (Å²) >= 11 is 5.94. The Morgan fingerprint density at radius 2 is 2.18 bits per heavy atom. The lowest BCUT2D eigenvalue weighted by molar-refractivity contribution is 0.742. The molecule has 1 aromatic heterocycles. The number of halogens is 1. The minimum atomic E-state index is 0.501. The lowest BCUT2D eigenvalue weighted by Gasteiger charge is -2.09. The van der Waals surface area contributed by atoms with Gasteiger partial charge in [0, 0.05) is 5.02 Å². The highest BCUT2D eigenvalue weighted by molar-refractivity contribution is 6.30. The van der Waals surface area contributed by atoms with Crippen molar-refractivity contribution in [1.29, 1.82) is 0 Å². The molecule has 0 aliphatic heterocycles. The Morgan fingerprint density at radius 3 is 2.82 bits per heavy atom. The van der Waals surface area contributed by atoms with E-state index >= 15 is 0 Å². The molecule has 1 aromatic carbocycles. The molecule has 0 radical (unpaired) electrons. The van der Waals surface area contributed by atoms with Gasteiger partial charge in [0.05, 0.1) is 11.4 Å². The molecule has 90 valence electrons. The number of hydrogen-bond acceptors (Lipinski definition) is 3. The topological polar surface area (TPSA) is 56.7 Å². The van der Waals surface area contributed by atoms with Crippen LogP contribution in [0.15, 0.2) is 18.2 Å². The third-order valence-electron chi connectivity index (χ3n) is 2.67. The second kappa shape index (κ2) is 4.75. The summed E-state index contributed by atoms with van der Waals surface area (Å²) in [5.41, 5.74) is 8.81. The van der Waals surface area contributed by atoms with Gasteiger partial charge in [0.25, 0.3) is 0 Å². The van der Waals surface area contributed by atoms with Gasteiger partial charge in [-0.1, -0.05) is 30.2 Å². The van der Waals surface area contributed by atoms with Crippen LogP contribution in [0.1, 0.15) is 24.6 Å². The number of nitrogens with zero attached hydrogens (tertiary/aromatic N) is 3. The Labute approximate surface area is 105 Å². The maximum absolute atomic E-state index is 5.94. The maximum atomic E-state index is 5.94. The summed E-state index contributed by atoms with van der Waals surface area (Å²) in [6, 6.07) is 5.69. The van der Waals surface area contributed by atoms with E-state index in [1.54, 1.807) is 4.68 Å². The van der Waals surface area contributed by atoms with Gasteiger partial charge in [0.1, 0.15) is 0 Å². The van der Waals surface area contributed by atoms with Crippen molar-refractivity contribution in [2.75, 3.05) is 5.73 Å². The lowest BCUT2D eigenvalue weighted by atomic mass is 10.2. The van der Waals surface area contributed by atoms with Crippen molar-refractivity contribution < 1.29 is 0 Å². The summed E-state index contributed by atoms with van der Waals surface area (Å²) in [6.07, 6.45) is 1.87. The third-order valence-corrected chi connectivity index (χ3v) is 2.90. The largest absolute Gasteiger partial charge is 0.381 e. The van der Waals surface area contributed by atoms with Crippen LogP contribution in [-0.2, 0) is 6.42 Å². The molecule has 1 heterocycles. The van der Waals surface area contributed by atoms with Crippen LogP contribution in [0.5, 0.6) is 0 Å². The van der Waals surface area contributed by atoms with Gasteiger partial charge < -0.3 is 5.73 Å². The van der Waals surface area contributed by atoms with E-state index in [9.17, 15) is 0 Å². The van der Waals surface area contributed by atoms with Gasteiger partial charge in [0.2, 0.25) is 0 Å². The van der Waals surface area contributed by atoms with Crippen LogP contribution in [-0.4, -0.2) is 15.0 Å². The van der Waals surface area contributed by atoms with Gasteiger partial charge in [-0.2, -0.15) is 0 Å². The van der Waals surface area contributed by atoms with Crippen LogP contribution < -0.4 is 5.73 Å². The fourth-order valence-corrected chi connectivity index (χ4v) is 2.06. The Balaban J connectivity index is 2.52. The van der Waals surface area contributed by atoms with E-state index in [1.807, 2.05) is 25.1 Å². The van der Waals surface area contributed by atoms with Gasteiger partial charge in [0.15, 0.2) is 5.82 Å². The molecule has 0 fully saturated rings. The molecule has 0 unspecified atom stereocenters. The summed E-state index contributed by atoms with van der Waals surface area (Å²) in [6.45, 7) is 4.10. The second-order valence-corrected chi connectivity index (χ2v) is 4.45. The van der Waals surface area contributed by atoms with E-state index in [4.69, 9.17) is 17.3 Å². The Kier molecular flexibility index (Phi) is 3.33. The summed E-state index contributed by atoms with van der Waals surface area (Å²) in [4.78, 5) is 0. The van der Waals surface area contributed by atoms with Crippen LogP contribution in [0.3, 0.4) is 0 Å². The molecular formula is C12H15ClN4. The molecule has 4 nitrogen and oxygen atoms in total. The molecular weight excluding hydrogens is 236 g/mol. The van der Waals surface area contributed by atoms with E-state index in [-0.39, 0.29) is 0 Å². The predicted molar refractivity (Wildman–Crippen MR) is 69.5 cm³/mol. The van der Waals surface area contributed by atoms with Crippen molar-refractivity contribution in [1.82, 2.24) is 15.0 Å². The minimum absolute atomic E-state index is 0.501. The molecule has 0 atom stereocenters. The van der Waals surface area contributed by atoms with Crippen molar-refractivity contribution >= 4 is 17.4 Å². The number of rotatable bonds is 3. The van der Waals surface area contributed by atoms with E-state index in [0.717, 1.165) is 34.8 Å². The molecule has 0 saturated heterocycles. The Hall–Kier alpha value is -1.55. The average molecular weight is 251 g/mol. The lowest BCUT2D eigenvalue weighted by Crippen LogP contribution is -2.05. The minimum Gasteiger partial charge on any atom is -0.381 e. The normalized spacial score (nSPS) is 10.8. The second-order valence-electron chi connectivity index (χ2n) is 4.01. The Morgan fingerprint density at radius 1 is 1.41 bits per heavy atom. The van der Waals surface area contributed by atoms with Gasteiger partial charge in [-0.3, -0.25) is 0 Å². The van der Waals surface area contributed by atoms with Gasteiger partial charge in [-0.25, -0.2) is 4.68 Å². The quantitative estimate of drug-likeness (QED) is 0.911. The molecule has 0 bridgehead atoms. The molecule has 0 saturated carbocycles. The number of nitrogen functional groups attached to an aromatic ring is 1. The van der Waals surface area contributed by atoms with Crippen LogP contribution >= 0.6 is 11.6 Å². The van der Waals surface area contributed by atoms with Crippen molar-refractivity contribution in [3.63, 3.8) is 0 Å². The van der Waals surface area contributed by atoms with E-state index < -0.39 is 0 Å². The van der Waals surface area contributed by atoms with E-state index in [2.05, 4.69) is 17.2 Å². The highest BCUT2D eigenvalue weighted by Crippen LogP contribution is 2.22. The first-order chi connectivity index (χ1) is 8.13. The summed E-state index contributed by atoms with van der Waals surface area (Å²) < 4.78 is 1.80. The predicted octanol–water partition coefficient (Wildman–Crippen LogP) is 2.76. The smallest absolute Gasteiger partial charge is 0.169 e. The van der Waals surface area contributed by atoms with Crippen molar-refractivity contribution in [2.24, 2.45) is 0 Å². The molecule has 0 aliphatic carbocycles. The van der Waals surface area contributed by atoms with Crippen LogP contribution in [0.2, 0.25) is 5.02 Å². The SMILES string of the molecule is CCCc1c(N)nnn1-c1ccc(Cl)cc1C. The van der Waals surface area contributed by atoms with Crippen molar-refractivity contribution in [3.8, 4) is 5.69 Å². The Bertz CT molecular complexity index is 533. The first-order valence-electron chi connectivity index (χ1n) is 5.60. The summed E-state index contributed by atoms with van der Waals surface area (Å²) in [5.74, 6) is 0.501. The van der Waals surface area contributed by atoms with Crippen LogP contribution in [0.25, 0.3) is 5.69 Å². The molecule has 2 rings (SSSR count). The molecule has 17 heavy (non-hydrogen) atoms. The van der Waals surface area contributed by atoms with Crippen molar-refractivity contribution in [3.05, 3.63) is 34.5 Å². The van der Waals surface area contributed by atoms with Crippen molar-refractivity contribution in [2.45, 2.75) is 26.7 Å². The molecule has 0 amide bonds. The van der Waals surface area contributed by atoms with Gasteiger partial charge >= 0.3 is 0 Å². The third kappa shape index (κ3) is 2.26. The molecule has 5 heteroatoms. The number of nitrogens with two attached hydrogens (primary N) is 1. The maximum Gasteiger partial charge on any atom is 0.169 e. The number of aromatic nitrogens is 3. The van der Waals surface area contributed by atoms with Gasteiger partial charge in [-0.15, -0.1) is 5.10 Å². The highest BCUT2D eigenvalue weighted by Gasteiger charge is 2.12. The molecule has 2 N–H and O–H groups in total. The fourth-order valence-electron chi connectivity index (χ4n) is 1.83. The summed E-state index contributed by atoms with van der Waals surface area (Å²) in [5, 5.41) is 8.75. The standard InChI is InChI=1S/C12H15ClN4/c1-3-4-11-12(14)15-16-17(11)10-6-5-9(13)7-8(10)2/h5-7H,3-4,14H2,1-2H3. The zero-order valence-electron chi connectivity index (χ0n) is 9.94. The molecule has 2 aromatic rings. The number of hydrogen-bond donors (Lipinski definition) is 1. The number of anilines is 1. The summed E-state index contributed by atoms with van der Waals surface area (Å²) in [7, 11) is 0. The van der Waals surface area contributed by atoms with Crippen LogP contribution in [0, 0.1) is 6.92 Å². The van der Waals surface area contributed by atoms with E-state index in [1.165, 1.54) is 0 Å². The fraction of sp³-hybridized carbons (Fsp3) is 0.333. The number of benzene rings is 1. The van der Waals surface area contributed by atoms with E-state index in [0.29, 0.717) is 5.82 Å². The zero-order chi connectivity index (χ0) is 12.4. The van der Waals surface area contributed by atoms with Crippen LogP contribution in [0.4, 0.5) is 5.82 Å². The van der Waals surface area contributed by atoms with Gasteiger partial charge in [-0.05, 0) is 37.1 Å². The first kappa shape index (κ1) is 11.9. The molecule has 0 spiro atoms. The first-order valence-corrected chi connectivity index (χ1v) is 5.98. The zero-order valence-corrected chi connectivity index (χ0v) is 10.7. The molecule has 0 aliphatic rings. The monoisotopic (exact) mass is 250 g/mol. The average Bonchev–Trinajstić information content (AvgIpc) is 2.62.